The molecule has 0 heterocycles. The smallest absolute Gasteiger partial charge is 0.411 e. The molecule has 5 nitrogen and oxygen atoms in total. The zero-order valence-electron chi connectivity index (χ0n) is 14.5. The van der Waals surface area contributed by atoms with Crippen molar-refractivity contribution < 1.29 is 19.4 Å². The number of amides is 1. The normalized spacial score (nSPS) is 12.5. The Bertz CT molecular complexity index is 586. The van der Waals surface area contributed by atoms with E-state index in [9.17, 15) is 14.7 Å². The highest BCUT2D eigenvalue weighted by molar-refractivity contribution is 8.14. The highest BCUT2D eigenvalue weighted by Crippen LogP contribution is 2.46. The van der Waals surface area contributed by atoms with Crippen LogP contribution in [0.25, 0.3) is 0 Å². The van der Waals surface area contributed by atoms with Gasteiger partial charge in [0.15, 0.2) is 0 Å². The zero-order valence-corrected chi connectivity index (χ0v) is 16.2. The van der Waals surface area contributed by atoms with E-state index in [1.54, 1.807) is 6.92 Å². The van der Waals surface area contributed by atoms with E-state index < -0.39 is 24.1 Å². The maximum Gasteiger partial charge on any atom is 0.411 e. The lowest BCUT2D eigenvalue weighted by molar-refractivity contribution is -0.142. The molecular formula is C17H26NO4PS. The molecule has 0 radical (unpaired) electrons. The Morgan fingerprint density at radius 1 is 1.21 bits per heavy atom. The van der Waals surface area contributed by atoms with Crippen molar-refractivity contribution >= 4 is 29.9 Å². The lowest BCUT2D eigenvalue weighted by atomic mass is 10.2. The fourth-order valence-electron chi connectivity index (χ4n) is 2.32. The minimum absolute atomic E-state index is 0.118. The van der Waals surface area contributed by atoms with Crippen LogP contribution in [0.5, 0.6) is 0 Å². The average Bonchev–Trinajstić information content (AvgIpc) is 2.59. The molecule has 0 aliphatic rings. The topological polar surface area (TPSA) is 66.8 Å². The molecule has 1 atom stereocenters. The summed E-state index contributed by atoms with van der Waals surface area (Å²) in [6.07, 6.45) is 1.59. The van der Waals surface area contributed by atoms with E-state index in [-0.39, 0.29) is 6.61 Å². The summed E-state index contributed by atoms with van der Waals surface area (Å²) in [7, 11) is 0. The van der Waals surface area contributed by atoms with Gasteiger partial charge in [0.25, 0.3) is 0 Å². The first-order valence-corrected chi connectivity index (χ1v) is 11.5. The fraction of sp³-hybridized carbons (Fsp3) is 0.529. The molecule has 134 valence electrons. The van der Waals surface area contributed by atoms with Gasteiger partial charge in [0, 0.05) is 0 Å². The number of nitrogens with zero attached hydrogens (tertiary/aromatic N) is 1. The van der Waals surface area contributed by atoms with Crippen LogP contribution in [0.15, 0.2) is 30.3 Å². The van der Waals surface area contributed by atoms with Gasteiger partial charge in [0.2, 0.25) is 0 Å². The largest absolute Gasteiger partial charge is 0.480 e. The van der Waals surface area contributed by atoms with Crippen LogP contribution in [0, 0.1) is 0 Å². The van der Waals surface area contributed by atoms with Crippen LogP contribution in [0.3, 0.4) is 0 Å². The van der Waals surface area contributed by atoms with Gasteiger partial charge in [0.05, 0.1) is 6.29 Å². The second-order valence-electron chi connectivity index (χ2n) is 5.60. The molecule has 1 unspecified atom stereocenters. The van der Waals surface area contributed by atoms with Crippen LogP contribution in [0.2, 0.25) is 0 Å². The monoisotopic (exact) mass is 371 g/mol. The molecule has 0 fully saturated rings. The Kier molecular flexibility index (Phi) is 8.43. The van der Waals surface area contributed by atoms with Crippen molar-refractivity contribution in [3.63, 3.8) is 0 Å². The molecule has 1 rings (SSSR count). The third kappa shape index (κ3) is 5.91. The van der Waals surface area contributed by atoms with Crippen molar-refractivity contribution in [2.75, 3.05) is 18.6 Å². The Morgan fingerprint density at radius 2 is 1.79 bits per heavy atom. The predicted molar refractivity (Wildman–Crippen MR) is 100 cm³/mol. The summed E-state index contributed by atoms with van der Waals surface area (Å²) in [6, 6.07) is 6.61. The number of carboxylic acids is 1. The van der Waals surface area contributed by atoms with Crippen molar-refractivity contribution in [2.45, 2.75) is 39.8 Å². The van der Waals surface area contributed by atoms with Gasteiger partial charge in [-0.25, -0.2) is 9.59 Å². The molecule has 1 aromatic rings. The van der Waals surface area contributed by atoms with Crippen LogP contribution in [-0.4, -0.2) is 46.7 Å². The second kappa shape index (κ2) is 9.80. The van der Waals surface area contributed by atoms with Crippen molar-refractivity contribution in [3.8, 4) is 0 Å². The zero-order chi connectivity index (χ0) is 18.2. The van der Waals surface area contributed by atoms with E-state index in [1.807, 2.05) is 44.2 Å². The molecule has 0 saturated heterocycles. The molecule has 1 aromatic carbocycles. The summed E-state index contributed by atoms with van der Waals surface area (Å²) in [6.45, 7) is 5.87. The number of hydrogen-bond acceptors (Lipinski definition) is 4. The lowest BCUT2D eigenvalue weighted by Crippen LogP contribution is -2.45. The lowest BCUT2D eigenvalue weighted by Gasteiger charge is -2.32. The minimum Gasteiger partial charge on any atom is -0.480 e. The number of carbonyl (C=O) groups excluding carboxylic acids is 1. The molecule has 0 bridgehead atoms. The Morgan fingerprint density at radius 3 is 2.25 bits per heavy atom. The average molecular weight is 371 g/mol. The van der Waals surface area contributed by atoms with E-state index in [2.05, 4.69) is 0 Å². The number of carboxylic acid groups (broad SMARTS) is 1. The highest BCUT2D eigenvalue weighted by atomic mass is 32.4. The van der Waals surface area contributed by atoms with Crippen LogP contribution in [0.4, 0.5) is 4.79 Å². The van der Waals surface area contributed by atoms with Crippen molar-refractivity contribution in [3.05, 3.63) is 35.9 Å². The fourth-order valence-corrected chi connectivity index (χ4v) is 4.40. The van der Waals surface area contributed by atoms with E-state index >= 15 is 0 Å². The number of benzene rings is 1. The molecule has 0 spiro atoms. The molecular weight excluding hydrogens is 345 g/mol. The van der Waals surface area contributed by atoms with E-state index in [0.717, 1.165) is 17.9 Å². The number of aliphatic carboxylic acids is 1. The van der Waals surface area contributed by atoms with Crippen molar-refractivity contribution in [1.29, 1.82) is 0 Å². The number of hydrogen-bond donors (Lipinski definition) is 1. The summed E-state index contributed by atoms with van der Waals surface area (Å²) in [5.41, 5.74) is 0.861. The van der Waals surface area contributed by atoms with Crippen LogP contribution in [0.1, 0.15) is 32.8 Å². The van der Waals surface area contributed by atoms with Crippen LogP contribution in [-0.2, 0) is 27.9 Å². The van der Waals surface area contributed by atoms with Gasteiger partial charge < -0.3 is 9.84 Å². The third-order valence-corrected chi connectivity index (χ3v) is 9.07. The maximum absolute atomic E-state index is 12.5. The Balaban J connectivity index is 2.92. The quantitative estimate of drug-likeness (QED) is 0.666. The molecule has 0 saturated carbocycles. The van der Waals surface area contributed by atoms with Gasteiger partial charge in [-0.2, -0.15) is 0 Å². The van der Waals surface area contributed by atoms with Crippen molar-refractivity contribution in [1.82, 2.24) is 4.90 Å². The first-order valence-electron chi connectivity index (χ1n) is 8.14. The molecule has 1 amide bonds. The number of carbonyl (C=O) groups is 2. The van der Waals surface area contributed by atoms with Gasteiger partial charge in [-0.05, 0) is 30.3 Å². The molecule has 24 heavy (non-hydrogen) atoms. The molecule has 0 aromatic heterocycles. The summed E-state index contributed by atoms with van der Waals surface area (Å²) < 4.78 is 5.35. The Hall–Kier alpha value is -1.39. The molecule has 7 heteroatoms. The first-order chi connectivity index (χ1) is 11.4. The summed E-state index contributed by atoms with van der Waals surface area (Å²) in [4.78, 5) is 25.4. The number of ether oxygens (including phenoxy) is 1. The van der Waals surface area contributed by atoms with Crippen LogP contribution < -0.4 is 0 Å². The first kappa shape index (κ1) is 20.7. The van der Waals surface area contributed by atoms with Crippen LogP contribution >= 0.6 is 6.04 Å². The SMILES string of the molecule is CCC(C(=O)O)N(CP(=S)(CC)CC)C(=O)OCc1ccccc1. The standard InChI is InChI=1S/C17H26NO4PS/c1-4-15(16(19)20)18(13-23(24,5-2)6-3)17(21)22-12-14-10-8-7-9-11-14/h7-11,15H,4-6,12-13H2,1-3H3,(H,19,20). The van der Waals surface area contributed by atoms with E-state index in [0.29, 0.717) is 12.7 Å². The van der Waals surface area contributed by atoms with Gasteiger partial charge in [-0.1, -0.05) is 62.9 Å². The van der Waals surface area contributed by atoms with Gasteiger partial charge in [-0.15, -0.1) is 0 Å². The van der Waals surface area contributed by atoms with E-state index in [1.165, 1.54) is 4.90 Å². The van der Waals surface area contributed by atoms with E-state index in [4.69, 9.17) is 16.5 Å². The van der Waals surface area contributed by atoms with Gasteiger partial charge in [0.1, 0.15) is 12.6 Å². The summed E-state index contributed by atoms with van der Waals surface area (Å²) >= 11 is 5.70. The molecule has 0 aliphatic heterocycles. The highest BCUT2D eigenvalue weighted by Gasteiger charge is 2.32. The number of rotatable bonds is 9. The van der Waals surface area contributed by atoms with Gasteiger partial charge >= 0.3 is 12.1 Å². The molecule has 0 aliphatic carbocycles. The Labute approximate surface area is 149 Å². The van der Waals surface area contributed by atoms with Crippen molar-refractivity contribution in [2.24, 2.45) is 0 Å². The second-order valence-corrected chi connectivity index (χ2v) is 11.6. The van der Waals surface area contributed by atoms with Gasteiger partial charge in [-0.3, -0.25) is 4.90 Å². The molecule has 1 N–H and O–H groups in total. The summed E-state index contributed by atoms with van der Waals surface area (Å²) in [5, 5.41) is 9.45. The third-order valence-electron chi connectivity index (χ3n) is 4.05. The minimum atomic E-state index is -1.80. The predicted octanol–water partition coefficient (Wildman–Crippen LogP) is 3.97. The maximum atomic E-state index is 12.5. The summed E-state index contributed by atoms with van der Waals surface area (Å²) in [5.74, 6) is -1.03.